The molecule has 0 radical (unpaired) electrons. The van der Waals surface area contributed by atoms with Crippen molar-refractivity contribution >= 4 is 11.8 Å². The first-order valence-corrected chi connectivity index (χ1v) is 7.45. The maximum absolute atomic E-state index is 12.1. The van der Waals surface area contributed by atoms with Gasteiger partial charge in [0.25, 0.3) is 0 Å². The summed E-state index contributed by atoms with van der Waals surface area (Å²) >= 11 is 0. The molecule has 0 aliphatic carbocycles. The molecule has 0 saturated carbocycles. The number of rotatable bonds is 0. The summed E-state index contributed by atoms with van der Waals surface area (Å²) in [7, 11) is 0. The Morgan fingerprint density at radius 3 is 2.71 bits per heavy atom. The Labute approximate surface area is 126 Å². The van der Waals surface area contributed by atoms with Crippen LogP contribution >= 0.6 is 0 Å². The number of amides is 1. The molecule has 2 aliphatic rings. The Morgan fingerprint density at radius 2 is 2.10 bits per heavy atom. The Bertz CT molecular complexity index is 523. The molecule has 0 aromatic heterocycles. The average molecular weight is 289 g/mol. The number of carbonyl (C=O) groups excluding carboxylic acids is 1. The number of ether oxygens (including phenoxy) is 1. The first-order valence-electron chi connectivity index (χ1n) is 7.45. The van der Waals surface area contributed by atoms with Crippen LogP contribution in [0.25, 0.3) is 0 Å². The minimum atomic E-state index is -0.479. The Kier molecular flexibility index (Phi) is 4.36. The van der Waals surface area contributed by atoms with Gasteiger partial charge in [0.05, 0.1) is 18.0 Å². The van der Waals surface area contributed by atoms with Crippen LogP contribution in [0.5, 0.6) is 0 Å². The van der Waals surface area contributed by atoms with Crippen molar-refractivity contribution in [1.82, 2.24) is 4.90 Å². The van der Waals surface area contributed by atoms with Gasteiger partial charge in [-0.2, -0.15) is 5.26 Å². The van der Waals surface area contributed by atoms with Crippen LogP contribution in [0.15, 0.2) is 16.6 Å². The van der Waals surface area contributed by atoms with Crippen LogP contribution in [0.1, 0.15) is 40.5 Å². The third-order valence-corrected chi connectivity index (χ3v) is 3.70. The molecule has 0 aromatic rings. The van der Waals surface area contributed by atoms with Crippen LogP contribution in [0.4, 0.5) is 4.79 Å². The second-order valence-electron chi connectivity index (χ2n) is 6.63. The first-order chi connectivity index (χ1) is 9.80. The number of hydrogen-bond donors (Lipinski definition) is 0. The quantitative estimate of drug-likeness (QED) is 0.688. The third kappa shape index (κ3) is 3.84. The second-order valence-corrected chi connectivity index (χ2v) is 6.63. The normalized spacial score (nSPS) is 26.0. The molecule has 5 nitrogen and oxygen atoms in total. The molecule has 0 bridgehead atoms. The van der Waals surface area contributed by atoms with Crippen molar-refractivity contribution in [1.29, 1.82) is 5.26 Å². The van der Waals surface area contributed by atoms with Crippen LogP contribution in [0.3, 0.4) is 0 Å². The van der Waals surface area contributed by atoms with Gasteiger partial charge in [-0.15, -0.1) is 0 Å². The van der Waals surface area contributed by atoms with Crippen molar-refractivity contribution in [2.24, 2.45) is 10.9 Å². The SMILES string of the molecule is CC1N=C2CCN(C(=O)OC(C)(C)C)CCC2=CC1C#N. The zero-order valence-electron chi connectivity index (χ0n) is 13.2. The summed E-state index contributed by atoms with van der Waals surface area (Å²) in [5, 5.41) is 9.14. The molecule has 2 heterocycles. The van der Waals surface area contributed by atoms with Gasteiger partial charge in [-0.05, 0) is 39.7 Å². The van der Waals surface area contributed by atoms with Gasteiger partial charge < -0.3 is 9.64 Å². The van der Waals surface area contributed by atoms with Crippen molar-refractivity contribution in [3.05, 3.63) is 11.6 Å². The van der Waals surface area contributed by atoms with Crippen molar-refractivity contribution in [2.75, 3.05) is 13.1 Å². The highest BCUT2D eigenvalue weighted by Gasteiger charge is 2.28. The van der Waals surface area contributed by atoms with Crippen molar-refractivity contribution in [3.63, 3.8) is 0 Å². The van der Waals surface area contributed by atoms with Gasteiger partial charge in [-0.1, -0.05) is 6.08 Å². The number of aliphatic imine (C=N–C) groups is 1. The summed E-state index contributed by atoms with van der Waals surface area (Å²) in [6, 6.07) is 2.29. The van der Waals surface area contributed by atoms with Gasteiger partial charge in [0.2, 0.25) is 0 Å². The molecule has 2 unspecified atom stereocenters. The van der Waals surface area contributed by atoms with E-state index in [-0.39, 0.29) is 18.1 Å². The summed E-state index contributed by atoms with van der Waals surface area (Å²) in [5.41, 5.74) is 1.68. The number of hydrogen-bond acceptors (Lipinski definition) is 4. The summed E-state index contributed by atoms with van der Waals surface area (Å²) in [4.78, 5) is 18.5. The second kappa shape index (κ2) is 5.88. The molecule has 21 heavy (non-hydrogen) atoms. The van der Waals surface area contributed by atoms with Crippen LogP contribution in [-0.4, -0.2) is 41.4 Å². The molecule has 2 atom stereocenters. The highest BCUT2D eigenvalue weighted by atomic mass is 16.6. The van der Waals surface area contributed by atoms with E-state index in [0.29, 0.717) is 13.1 Å². The van der Waals surface area contributed by atoms with Crippen molar-refractivity contribution in [2.45, 2.75) is 52.2 Å². The predicted molar refractivity (Wildman–Crippen MR) is 81.1 cm³/mol. The minimum absolute atomic E-state index is 0.00169. The maximum Gasteiger partial charge on any atom is 0.410 e. The van der Waals surface area contributed by atoms with Gasteiger partial charge in [0, 0.05) is 25.2 Å². The lowest BCUT2D eigenvalue weighted by atomic mass is 9.92. The lowest BCUT2D eigenvalue weighted by molar-refractivity contribution is 0.0261. The number of likely N-dealkylation sites (tertiary alicyclic amines) is 1. The molecule has 1 amide bonds. The van der Waals surface area contributed by atoms with Crippen LogP contribution in [0, 0.1) is 17.2 Å². The van der Waals surface area contributed by atoms with E-state index in [0.717, 1.165) is 24.1 Å². The zero-order chi connectivity index (χ0) is 15.6. The highest BCUT2D eigenvalue weighted by molar-refractivity contribution is 6.01. The molecule has 0 N–H and O–H groups in total. The molecular formula is C16H23N3O2. The van der Waals surface area contributed by atoms with Crippen LogP contribution in [0.2, 0.25) is 0 Å². The molecule has 5 heteroatoms. The number of nitriles is 1. The van der Waals surface area contributed by atoms with E-state index in [1.54, 1.807) is 4.90 Å². The van der Waals surface area contributed by atoms with Crippen molar-refractivity contribution in [3.8, 4) is 6.07 Å². The van der Waals surface area contributed by atoms with Gasteiger partial charge in [-0.3, -0.25) is 4.99 Å². The summed E-state index contributed by atoms with van der Waals surface area (Å²) in [6.45, 7) is 8.81. The molecule has 1 fully saturated rings. The fourth-order valence-corrected chi connectivity index (χ4v) is 2.58. The zero-order valence-corrected chi connectivity index (χ0v) is 13.2. The van der Waals surface area contributed by atoms with E-state index in [9.17, 15) is 4.79 Å². The van der Waals surface area contributed by atoms with E-state index in [4.69, 9.17) is 10.00 Å². The van der Waals surface area contributed by atoms with Crippen LogP contribution < -0.4 is 0 Å². The molecular weight excluding hydrogens is 266 g/mol. The minimum Gasteiger partial charge on any atom is -0.444 e. The maximum atomic E-state index is 12.1. The molecule has 1 saturated heterocycles. The summed E-state index contributed by atoms with van der Waals surface area (Å²) in [6.07, 6.45) is 3.22. The molecule has 0 spiro atoms. The highest BCUT2D eigenvalue weighted by Crippen LogP contribution is 2.25. The fourth-order valence-electron chi connectivity index (χ4n) is 2.58. The molecule has 114 valence electrons. The topological polar surface area (TPSA) is 65.7 Å². The van der Waals surface area contributed by atoms with Crippen LogP contribution in [-0.2, 0) is 4.74 Å². The van der Waals surface area contributed by atoms with E-state index in [1.165, 1.54) is 0 Å². The van der Waals surface area contributed by atoms with Gasteiger partial charge in [0.1, 0.15) is 5.60 Å². The standard InChI is InChI=1S/C16H23N3O2/c1-11-13(10-17)9-12-5-7-19(8-6-14(12)18-11)15(20)21-16(2,3)4/h9,11,13H,5-8H2,1-4H3. The predicted octanol–water partition coefficient (Wildman–Crippen LogP) is 2.93. The molecule has 0 aromatic carbocycles. The van der Waals surface area contributed by atoms with Gasteiger partial charge in [-0.25, -0.2) is 4.79 Å². The average Bonchev–Trinajstić information content (AvgIpc) is 2.57. The lowest BCUT2D eigenvalue weighted by Crippen LogP contribution is -2.37. The lowest BCUT2D eigenvalue weighted by Gasteiger charge is -2.26. The smallest absolute Gasteiger partial charge is 0.410 e. The Morgan fingerprint density at radius 1 is 1.43 bits per heavy atom. The molecule has 2 rings (SSSR count). The number of carbonyl (C=O) groups is 1. The van der Waals surface area contributed by atoms with Gasteiger partial charge >= 0.3 is 6.09 Å². The Balaban J connectivity index is 2.08. The molecule has 2 aliphatic heterocycles. The number of dihydropyridines is 1. The Hall–Kier alpha value is -1.83. The number of fused-ring (bicyclic) bond motifs is 1. The van der Waals surface area contributed by atoms with Crippen molar-refractivity contribution < 1.29 is 9.53 Å². The number of nitrogens with zero attached hydrogens (tertiary/aromatic N) is 3. The summed E-state index contributed by atoms with van der Waals surface area (Å²) < 4.78 is 5.42. The summed E-state index contributed by atoms with van der Waals surface area (Å²) in [5.74, 6) is -0.156. The monoisotopic (exact) mass is 289 g/mol. The third-order valence-electron chi connectivity index (χ3n) is 3.70. The van der Waals surface area contributed by atoms with E-state index in [1.807, 2.05) is 33.8 Å². The fraction of sp³-hybridized carbons (Fsp3) is 0.688. The largest absolute Gasteiger partial charge is 0.444 e. The van der Waals surface area contributed by atoms with E-state index >= 15 is 0 Å². The van der Waals surface area contributed by atoms with E-state index in [2.05, 4.69) is 11.1 Å². The first kappa shape index (κ1) is 15.6. The van der Waals surface area contributed by atoms with Gasteiger partial charge in [0.15, 0.2) is 0 Å². The van der Waals surface area contributed by atoms with E-state index < -0.39 is 5.60 Å².